The van der Waals surface area contributed by atoms with Crippen LogP contribution in [0.2, 0.25) is 5.02 Å². The number of hydrogen-bond acceptors (Lipinski definition) is 8. The number of nitrogens with one attached hydrogen (secondary N) is 1. The van der Waals surface area contributed by atoms with Crippen molar-refractivity contribution >= 4 is 40.7 Å². The fourth-order valence-corrected chi connectivity index (χ4v) is 6.55. The number of ether oxygens (including phenoxy) is 1. The highest BCUT2D eigenvalue weighted by atomic mass is 35.5. The van der Waals surface area contributed by atoms with Gasteiger partial charge in [-0.2, -0.15) is 0 Å². The maximum absolute atomic E-state index is 15.1. The van der Waals surface area contributed by atoms with Gasteiger partial charge in [0.15, 0.2) is 10.8 Å². The van der Waals surface area contributed by atoms with Crippen molar-refractivity contribution in [3.63, 3.8) is 0 Å². The average Bonchev–Trinajstić information content (AvgIpc) is 3.43. The number of hydrogen-bond donors (Lipinski definition) is 2. The predicted molar refractivity (Wildman–Crippen MR) is 134 cm³/mol. The summed E-state index contributed by atoms with van der Waals surface area (Å²) in [5.74, 6) is -5.38. The second kappa shape index (κ2) is 10.3. The summed E-state index contributed by atoms with van der Waals surface area (Å²) in [6.45, 7) is -0.0607. The van der Waals surface area contributed by atoms with E-state index in [1.165, 1.54) is 30.6 Å². The van der Waals surface area contributed by atoms with Crippen LogP contribution >= 0.6 is 22.9 Å². The number of aromatic nitrogens is 1. The van der Waals surface area contributed by atoms with E-state index >= 15 is 8.78 Å². The van der Waals surface area contributed by atoms with E-state index in [9.17, 15) is 19.1 Å². The Morgan fingerprint density at radius 1 is 1.34 bits per heavy atom. The number of piperidine rings is 1. The van der Waals surface area contributed by atoms with Gasteiger partial charge in [-0.3, -0.25) is 14.7 Å². The lowest BCUT2D eigenvalue weighted by molar-refractivity contribution is -0.139. The van der Waals surface area contributed by atoms with Gasteiger partial charge >= 0.3 is 11.9 Å². The summed E-state index contributed by atoms with van der Waals surface area (Å²) in [5.41, 5.74) is 0.707. The molecule has 2 bridgehead atoms. The summed E-state index contributed by atoms with van der Waals surface area (Å²) < 4.78 is 49.0. The number of halogens is 4. The molecule has 0 saturated carbocycles. The van der Waals surface area contributed by atoms with Gasteiger partial charge < -0.3 is 15.2 Å². The highest BCUT2D eigenvalue weighted by Gasteiger charge is 2.57. The normalized spacial score (nSPS) is 26.6. The molecule has 4 heterocycles. The quantitative estimate of drug-likeness (QED) is 0.477. The molecule has 13 heteroatoms. The first kappa shape index (κ1) is 26.6. The van der Waals surface area contributed by atoms with Gasteiger partial charge in [0, 0.05) is 53.3 Å². The first-order valence-electron chi connectivity index (χ1n) is 11.9. The van der Waals surface area contributed by atoms with E-state index < -0.39 is 48.2 Å². The van der Waals surface area contributed by atoms with Crippen LogP contribution in [0.5, 0.6) is 0 Å². The van der Waals surface area contributed by atoms with Crippen molar-refractivity contribution in [2.24, 2.45) is 10.9 Å². The molecule has 2 aromatic rings. The minimum Gasteiger partial charge on any atom is -0.481 e. The molecule has 202 valence electrons. The van der Waals surface area contributed by atoms with Gasteiger partial charge in [-0.15, -0.1) is 11.3 Å². The maximum atomic E-state index is 15.1. The first-order chi connectivity index (χ1) is 18.1. The van der Waals surface area contributed by atoms with Crippen molar-refractivity contribution in [2.45, 2.75) is 49.7 Å². The van der Waals surface area contributed by atoms with Crippen LogP contribution in [-0.4, -0.2) is 64.4 Å². The van der Waals surface area contributed by atoms with Crippen molar-refractivity contribution < 1.29 is 32.6 Å². The molecule has 2 saturated heterocycles. The SMILES string of the molecule is COC(=O)C1=C(CN2[C@@H]3C[C@@H](CC(=O)O)C[C@H]2C(F)(F)C3)NC(c2nccs2)=N[C@H]1c1ccc(F)cc1Cl. The van der Waals surface area contributed by atoms with Crippen LogP contribution in [0.3, 0.4) is 0 Å². The molecule has 38 heavy (non-hydrogen) atoms. The molecule has 4 atom stereocenters. The van der Waals surface area contributed by atoms with Crippen LogP contribution in [0.25, 0.3) is 0 Å². The van der Waals surface area contributed by atoms with E-state index in [-0.39, 0.29) is 35.9 Å². The smallest absolute Gasteiger partial charge is 0.338 e. The lowest BCUT2D eigenvalue weighted by Crippen LogP contribution is -2.50. The lowest BCUT2D eigenvalue weighted by Gasteiger charge is -2.40. The standard InChI is InChI=1S/C25H24ClF3N4O4S/c1-37-24(36)20-17(11-33-14-6-12(8-19(34)35)7-18(33)25(28,29)10-14)31-22(23-30-4-5-38-23)32-21(20)15-3-2-13(27)9-16(15)26/h2-5,9,12,14,18,21H,6-8,10-11H2,1H3,(H,31,32)(H,34,35)/t12-,14-,18+,21+/m1/s1. The number of carboxylic acids is 1. The first-order valence-corrected chi connectivity index (χ1v) is 13.2. The zero-order valence-electron chi connectivity index (χ0n) is 20.2. The van der Waals surface area contributed by atoms with Gasteiger partial charge in [-0.05, 0) is 30.9 Å². The number of rotatable bonds is 7. The number of methoxy groups -OCH3 is 1. The van der Waals surface area contributed by atoms with Crippen molar-refractivity contribution in [1.29, 1.82) is 0 Å². The van der Waals surface area contributed by atoms with Crippen LogP contribution < -0.4 is 5.32 Å². The third kappa shape index (κ3) is 5.04. The Hall–Kier alpha value is -2.96. The summed E-state index contributed by atoms with van der Waals surface area (Å²) in [7, 11) is 1.20. The third-order valence-electron chi connectivity index (χ3n) is 7.25. The molecule has 0 amide bonds. The fourth-order valence-electron chi connectivity index (χ4n) is 5.69. The topological polar surface area (TPSA) is 104 Å². The summed E-state index contributed by atoms with van der Waals surface area (Å²) >= 11 is 7.66. The Kier molecular flexibility index (Phi) is 7.23. The van der Waals surface area contributed by atoms with Crippen LogP contribution in [-0.2, 0) is 14.3 Å². The van der Waals surface area contributed by atoms with E-state index in [0.717, 1.165) is 6.07 Å². The third-order valence-corrected chi connectivity index (χ3v) is 8.36. The molecule has 3 aliphatic heterocycles. The number of nitrogens with zero attached hydrogens (tertiary/aromatic N) is 3. The Morgan fingerprint density at radius 3 is 2.76 bits per heavy atom. The number of amidine groups is 1. The summed E-state index contributed by atoms with van der Waals surface area (Å²) in [5, 5.41) is 14.6. The molecule has 1 aromatic heterocycles. The zero-order valence-corrected chi connectivity index (χ0v) is 21.7. The summed E-state index contributed by atoms with van der Waals surface area (Å²) in [4.78, 5) is 34.9. The highest BCUT2D eigenvalue weighted by Crippen LogP contribution is 2.49. The average molecular weight is 569 g/mol. The Bertz CT molecular complexity index is 1320. The van der Waals surface area contributed by atoms with Gasteiger partial charge in [0.05, 0.1) is 18.7 Å². The minimum atomic E-state index is -3.01. The highest BCUT2D eigenvalue weighted by molar-refractivity contribution is 7.11. The number of alkyl halides is 2. The van der Waals surface area contributed by atoms with E-state index in [1.54, 1.807) is 16.5 Å². The molecule has 0 spiro atoms. The second-order valence-electron chi connectivity index (χ2n) is 9.63. The summed E-state index contributed by atoms with van der Waals surface area (Å²) in [6.07, 6.45) is 1.35. The molecular formula is C25H24ClF3N4O4S. The van der Waals surface area contributed by atoms with E-state index in [2.05, 4.69) is 15.3 Å². The van der Waals surface area contributed by atoms with Crippen LogP contribution in [0.15, 0.2) is 46.0 Å². The molecule has 0 radical (unpaired) electrons. The monoisotopic (exact) mass is 568 g/mol. The van der Waals surface area contributed by atoms with Crippen molar-refractivity contribution in [1.82, 2.24) is 15.2 Å². The molecule has 3 aliphatic rings. The fraction of sp³-hybridized carbons (Fsp3) is 0.440. The number of carbonyl (C=O) groups is 2. The second-order valence-corrected chi connectivity index (χ2v) is 10.9. The number of carboxylic acid groups (broad SMARTS) is 1. The molecule has 0 unspecified atom stereocenters. The zero-order chi connectivity index (χ0) is 27.2. The Morgan fingerprint density at radius 2 is 2.13 bits per heavy atom. The van der Waals surface area contributed by atoms with Crippen molar-refractivity contribution in [3.8, 4) is 0 Å². The molecule has 0 aliphatic carbocycles. The van der Waals surface area contributed by atoms with E-state index in [0.29, 0.717) is 28.5 Å². The number of carbonyl (C=O) groups excluding carboxylic acids is 1. The van der Waals surface area contributed by atoms with Gasteiger partial charge in [-0.1, -0.05) is 17.7 Å². The largest absolute Gasteiger partial charge is 0.481 e. The number of thiazole rings is 1. The van der Waals surface area contributed by atoms with Crippen molar-refractivity contribution in [3.05, 3.63) is 62.5 Å². The van der Waals surface area contributed by atoms with Crippen LogP contribution in [0, 0.1) is 11.7 Å². The number of aliphatic imine (C=N–C) groups is 1. The molecule has 2 fully saturated rings. The van der Waals surface area contributed by atoms with Gasteiger partial charge in [0.2, 0.25) is 0 Å². The van der Waals surface area contributed by atoms with E-state index in [4.69, 9.17) is 16.3 Å². The van der Waals surface area contributed by atoms with Crippen LogP contribution in [0.4, 0.5) is 13.2 Å². The predicted octanol–water partition coefficient (Wildman–Crippen LogP) is 4.42. The summed E-state index contributed by atoms with van der Waals surface area (Å²) in [6, 6.07) is 0.968. The van der Waals surface area contributed by atoms with E-state index in [1.807, 2.05) is 0 Å². The Balaban J connectivity index is 1.57. The molecular weight excluding hydrogens is 545 g/mol. The Labute approximate surface area is 225 Å². The van der Waals surface area contributed by atoms with Crippen LogP contribution in [0.1, 0.15) is 42.3 Å². The van der Waals surface area contributed by atoms with Gasteiger partial charge in [0.25, 0.3) is 5.92 Å². The molecule has 1 aromatic carbocycles. The minimum absolute atomic E-state index is 0.0251. The molecule has 8 nitrogen and oxygen atoms in total. The van der Waals surface area contributed by atoms with Gasteiger partial charge in [-0.25, -0.2) is 22.9 Å². The lowest BCUT2D eigenvalue weighted by atomic mass is 9.87. The van der Waals surface area contributed by atoms with Crippen molar-refractivity contribution in [2.75, 3.05) is 13.7 Å². The molecule has 2 N–H and O–H groups in total. The van der Waals surface area contributed by atoms with Gasteiger partial charge in [0.1, 0.15) is 11.9 Å². The number of aliphatic carboxylic acids is 1. The number of benzene rings is 1. The number of fused-ring (bicyclic) bond motifs is 2. The maximum Gasteiger partial charge on any atom is 0.338 e. The number of esters is 1. The molecule has 5 rings (SSSR count).